The van der Waals surface area contributed by atoms with Gasteiger partial charge >= 0.3 is 11.9 Å². The average Bonchev–Trinajstić information content (AvgIpc) is 2.27. The quantitative estimate of drug-likeness (QED) is 0.765. The minimum absolute atomic E-state index is 0.124. The van der Waals surface area contributed by atoms with Gasteiger partial charge in [0.2, 0.25) is 0 Å². The Kier molecular flexibility index (Phi) is 3.67. The zero-order valence-corrected chi connectivity index (χ0v) is 9.85. The van der Waals surface area contributed by atoms with Crippen molar-refractivity contribution in [2.45, 2.75) is 19.4 Å². The minimum atomic E-state index is -1.16. The number of esters is 1. The predicted octanol–water partition coefficient (Wildman–Crippen LogP) is 1.14. The molecule has 0 bridgehead atoms. The van der Waals surface area contributed by atoms with Crippen molar-refractivity contribution < 1.29 is 19.4 Å². The van der Waals surface area contributed by atoms with E-state index in [1.165, 1.54) is 27.0 Å². The first kappa shape index (κ1) is 13.0. The number of aromatic nitrogens is 1. The van der Waals surface area contributed by atoms with Crippen LogP contribution in [0.5, 0.6) is 0 Å². The number of aliphatic carboxylic acids is 1. The molecule has 2 N–H and O–H groups in total. The molecule has 0 fully saturated rings. The summed E-state index contributed by atoms with van der Waals surface area (Å²) in [5.41, 5.74) is -1.04. The van der Waals surface area contributed by atoms with Gasteiger partial charge in [-0.05, 0) is 26.0 Å². The van der Waals surface area contributed by atoms with Crippen molar-refractivity contribution in [2.24, 2.45) is 0 Å². The van der Waals surface area contributed by atoms with Gasteiger partial charge in [0.1, 0.15) is 11.4 Å². The summed E-state index contributed by atoms with van der Waals surface area (Å²) in [7, 11) is 1.26. The number of pyridine rings is 1. The number of methoxy groups -OCH3 is 1. The van der Waals surface area contributed by atoms with Crippen LogP contribution >= 0.6 is 0 Å². The molecule has 0 aliphatic carbocycles. The number of hydrogen-bond acceptors (Lipinski definition) is 5. The maximum Gasteiger partial charge on any atom is 0.356 e. The van der Waals surface area contributed by atoms with Gasteiger partial charge < -0.3 is 15.2 Å². The Hall–Kier alpha value is -2.11. The molecule has 1 heterocycles. The van der Waals surface area contributed by atoms with Crippen molar-refractivity contribution in [1.29, 1.82) is 0 Å². The zero-order valence-electron chi connectivity index (χ0n) is 9.85. The molecular weight excluding hydrogens is 224 g/mol. The van der Waals surface area contributed by atoms with Gasteiger partial charge in [-0.3, -0.25) is 0 Å². The molecule has 6 heteroatoms. The average molecular weight is 238 g/mol. The fraction of sp³-hybridized carbons (Fsp3) is 0.364. The molecule has 0 aromatic carbocycles. The van der Waals surface area contributed by atoms with E-state index in [1.54, 1.807) is 12.1 Å². The number of rotatable bonds is 4. The Morgan fingerprint density at radius 1 is 1.41 bits per heavy atom. The Bertz CT molecular complexity index is 443. The molecule has 0 aliphatic rings. The third kappa shape index (κ3) is 3.17. The molecule has 0 amide bonds. The lowest BCUT2D eigenvalue weighted by atomic mass is 10.1. The van der Waals surface area contributed by atoms with E-state index < -0.39 is 17.5 Å². The van der Waals surface area contributed by atoms with Crippen molar-refractivity contribution in [3.63, 3.8) is 0 Å². The van der Waals surface area contributed by atoms with Crippen LogP contribution in [0.3, 0.4) is 0 Å². The largest absolute Gasteiger partial charge is 0.480 e. The second-order valence-electron chi connectivity index (χ2n) is 3.95. The Balaban J connectivity index is 2.93. The third-order valence-corrected chi connectivity index (χ3v) is 2.12. The number of carbonyl (C=O) groups is 2. The van der Waals surface area contributed by atoms with Gasteiger partial charge in [-0.1, -0.05) is 6.07 Å². The molecule has 0 unspecified atom stereocenters. The molecule has 0 radical (unpaired) electrons. The highest BCUT2D eigenvalue weighted by Gasteiger charge is 2.27. The second kappa shape index (κ2) is 4.82. The van der Waals surface area contributed by atoms with Gasteiger partial charge in [-0.25, -0.2) is 14.6 Å². The highest BCUT2D eigenvalue weighted by molar-refractivity contribution is 5.88. The molecule has 1 aromatic rings. The fourth-order valence-electron chi connectivity index (χ4n) is 1.10. The lowest BCUT2D eigenvalue weighted by molar-refractivity contribution is -0.141. The topological polar surface area (TPSA) is 88.5 Å². The molecule has 0 spiro atoms. The summed E-state index contributed by atoms with van der Waals surface area (Å²) in [4.78, 5) is 26.1. The summed E-state index contributed by atoms with van der Waals surface area (Å²) in [5.74, 6) is -1.27. The van der Waals surface area contributed by atoms with E-state index >= 15 is 0 Å². The van der Waals surface area contributed by atoms with E-state index in [-0.39, 0.29) is 5.69 Å². The number of carboxylic acid groups (broad SMARTS) is 1. The van der Waals surface area contributed by atoms with Crippen LogP contribution in [0.4, 0.5) is 5.82 Å². The number of ether oxygens (including phenoxy) is 1. The Labute approximate surface area is 98.6 Å². The summed E-state index contributed by atoms with van der Waals surface area (Å²) in [6, 6.07) is 4.67. The molecule has 0 saturated carbocycles. The summed E-state index contributed by atoms with van der Waals surface area (Å²) in [5, 5.41) is 11.7. The lowest BCUT2D eigenvalue weighted by Gasteiger charge is -2.21. The first-order valence-electron chi connectivity index (χ1n) is 4.94. The van der Waals surface area contributed by atoms with Crippen molar-refractivity contribution in [3.8, 4) is 0 Å². The molecule has 6 nitrogen and oxygen atoms in total. The summed E-state index contributed by atoms with van der Waals surface area (Å²) >= 11 is 0. The first-order valence-corrected chi connectivity index (χ1v) is 4.94. The fourth-order valence-corrected chi connectivity index (χ4v) is 1.10. The van der Waals surface area contributed by atoms with Gasteiger partial charge in [0.15, 0.2) is 5.69 Å². The smallest absolute Gasteiger partial charge is 0.356 e. The van der Waals surface area contributed by atoms with Crippen LogP contribution in [0, 0.1) is 0 Å². The van der Waals surface area contributed by atoms with Crippen LogP contribution in [0.15, 0.2) is 18.2 Å². The van der Waals surface area contributed by atoms with E-state index in [1.807, 2.05) is 0 Å². The summed E-state index contributed by atoms with van der Waals surface area (Å²) in [6.45, 7) is 3.00. The van der Waals surface area contributed by atoms with Crippen LogP contribution in [0.2, 0.25) is 0 Å². The van der Waals surface area contributed by atoms with Crippen molar-refractivity contribution in [1.82, 2.24) is 4.98 Å². The molecular formula is C11H14N2O4. The van der Waals surface area contributed by atoms with Crippen LogP contribution in [-0.2, 0) is 9.53 Å². The van der Waals surface area contributed by atoms with E-state index in [4.69, 9.17) is 5.11 Å². The van der Waals surface area contributed by atoms with Gasteiger partial charge in [0.05, 0.1) is 7.11 Å². The zero-order chi connectivity index (χ0) is 13.1. The number of carbonyl (C=O) groups excluding carboxylic acids is 1. The highest BCUT2D eigenvalue weighted by atomic mass is 16.5. The number of nitrogens with zero attached hydrogens (tertiary/aromatic N) is 1. The van der Waals surface area contributed by atoms with E-state index in [0.29, 0.717) is 5.82 Å². The maximum absolute atomic E-state index is 11.2. The molecule has 0 saturated heterocycles. The van der Waals surface area contributed by atoms with Crippen LogP contribution in [-0.4, -0.2) is 34.7 Å². The first-order chi connectivity index (χ1) is 7.86. The van der Waals surface area contributed by atoms with Gasteiger partial charge in [-0.15, -0.1) is 0 Å². The molecule has 0 aliphatic heterocycles. The maximum atomic E-state index is 11.2. The molecule has 0 atom stereocenters. The van der Waals surface area contributed by atoms with E-state index in [0.717, 1.165) is 0 Å². The second-order valence-corrected chi connectivity index (χ2v) is 3.95. The van der Waals surface area contributed by atoms with Crippen molar-refractivity contribution in [2.75, 3.05) is 12.4 Å². The minimum Gasteiger partial charge on any atom is -0.480 e. The monoisotopic (exact) mass is 238 g/mol. The van der Waals surface area contributed by atoms with Crippen LogP contribution in [0.1, 0.15) is 24.3 Å². The van der Waals surface area contributed by atoms with E-state index in [9.17, 15) is 9.59 Å². The SMILES string of the molecule is COC(=O)c1cccc(NC(C)(C)C(=O)O)n1. The summed E-state index contributed by atoms with van der Waals surface area (Å²) in [6.07, 6.45) is 0. The number of anilines is 1. The van der Waals surface area contributed by atoms with Crippen LogP contribution < -0.4 is 5.32 Å². The van der Waals surface area contributed by atoms with Gasteiger partial charge in [0, 0.05) is 0 Å². The van der Waals surface area contributed by atoms with E-state index in [2.05, 4.69) is 15.0 Å². The standard InChI is InChI=1S/C11H14N2O4/c1-11(2,10(15)16)13-8-6-4-5-7(12-8)9(14)17-3/h4-6H,1-3H3,(H,12,13)(H,15,16). The van der Waals surface area contributed by atoms with Crippen molar-refractivity contribution >= 4 is 17.8 Å². The predicted molar refractivity (Wildman–Crippen MR) is 60.9 cm³/mol. The molecule has 1 rings (SSSR count). The van der Waals surface area contributed by atoms with Gasteiger partial charge in [-0.2, -0.15) is 0 Å². The Morgan fingerprint density at radius 3 is 2.59 bits per heavy atom. The molecule has 92 valence electrons. The third-order valence-electron chi connectivity index (χ3n) is 2.12. The number of carboxylic acids is 1. The number of hydrogen-bond donors (Lipinski definition) is 2. The van der Waals surface area contributed by atoms with Crippen molar-refractivity contribution in [3.05, 3.63) is 23.9 Å². The lowest BCUT2D eigenvalue weighted by Crippen LogP contribution is -2.40. The van der Waals surface area contributed by atoms with Gasteiger partial charge in [0.25, 0.3) is 0 Å². The molecule has 17 heavy (non-hydrogen) atoms. The van der Waals surface area contributed by atoms with Crippen LogP contribution in [0.25, 0.3) is 0 Å². The normalized spacial score (nSPS) is 10.8. The highest BCUT2D eigenvalue weighted by Crippen LogP contribution is 2.13. The summed E-state index contributed by atoms with van der Waals surface area (Å²) < 4.78 is 4.52. The number of nitrogens with one attached hydrogen (secondary N) is 1. The molecule has 1 aromatic heterocycles. The Morgan fingerprint density at radius 2 is 2.06 bits per heavy atom.